The van der Waals surface area contributed by atoms with E-state index in [9.17, 15) is 13.2 Å². The van der Waals surface area contributed by atoms with E-state index in [2.05, 4.69) is 20.3 Å². The van der Waals surface area contributed by atoms with Crippen LogP contribution in [0.2, 0.25) is 0 Å². The zero-order valence-electron chi connectivity index (χ0n) is 17.0. The lowest BCUT2D eigenvalue weighted by Gasteiger charge is -2.08. The normalized spacial score (nSPS) is 16.6. The summed E-state index contributed by atoms with van der Waals surface area (Å²) in [5, 5.41) is 21.0. The minimum atomic E-state index is -3.79. The summed E-state index contributed by atoms with van der Waals surface area (Å²) in [5.41, 5.74) is 2.46. The molecule has 10 nitrogen and oxygen atoms in total. The molecule has 1 aliphatic heterocycles. The van der Waals surface area contributed by atoms with Gasteiger partial charge in [0.25, 0.3) is 5.91 Å². The molecule has 4 rings (SSSR count). The Bertz CT molecular complexity index is 1310. The summed E-state index contributed by atoms with van der Waals surface area (Å²) < 4.78 is 27.8. The topological polar surface area (TPSA) is 140 Å². The van der Waals surface area contributed by atoms with Crippen molar-refractivity contribution >= 4 is 43.8 Å². The smallest absolute Gasteiger partial charge is 0.282 e. The number of nitrogens with zero attached hydrogens (tertiary/aromatic N) is 5. The molecule has 0 saturated carbocycles. The van der Waals surface area contributed by atoms with Gasteiger partial charge in [-0.05, 0) is 55.5 Å². The first kappa shape index (κ1) is 21.7. The van der Waals surface area contributed by atoms with Gasteiger partial charge < -0.3 is 4.74 Å². The SMILES string of the molecule is COc1ccc(-c2csc(N3N=C(C)[C@@H](N=Nc4ccc(S(N)(=O)=O)cc4)C3=O)n2)cc1. The molecule has 0 saturated heterocycles. The molecule has 0 bridgehead atoms. The highest BCUT2D eigenvalue weighted by atomic mass is 32.2. The van der Waals surface area contributed by atoms with Crippen LogP contribution in [0, 0.1) is 0 Å². The summed E-state index contributed by atoms with van der Waals surface area (Å²) in [6, 6.07) is 12.1. The molecule has 2 N–H and O–H groups in total. The van der Waals surface area contributed by atoms with Crippen LogP contribution in [0.3, 0.4) is 0 Å². The summed E-state index contributed by atoms with van der Waals surface area (Å²) in [6.45, 7) is 1.68. The van der Waals surface area contributed by atoms with Crippen molar-refractivity contribution in [1.82, 2.24) is 4.98 Å². The number of primary sulfonamides is 1. The molecule has 32 heavy (non-hydrogen) atoms. The van der Waals surface area contributed by atoms with Crippen molar-refractivity contribution in [3.05, 3.63) is 53.9 Å². The summed E-state index contributed by atoms with van der Waals surface area (Å²) >= 11 is 1.29. The first-order valence-corrected chi connectivity index (χ1v) is 11.7. The van der Waals surface area contributed by atoms with Crippen LogP contribution in [-0.4, -0.2) is 38.2 Å². The van der Waals surface area contributed by atoms with E-state index in [1.165, 1.54) is 40.6 Å². The molecular formula is C20H18N6O4S2. The molecule has 3 aromatic rings. The Labute approximate surface area is 188 Å². The number of anilines is 1. The number of methoxy groups -OCH3 is 1. The van der Waals surface area contributed by atoms with Gasteiger partial charge in [0.05, 0.1) is 29.1 Å². The largest absolute Gasteiger partial charge is 0.497 e. The highest BCUT2D eigenvalue weighted by molar-refractivity contribution is 7.89. The number of sulfonamides is 1. The van der Waals surface area contributed by atoms with Gasteiger partial charge in [-0.2, -0.15) is 20.3 Å². The average molecular weight is 471 g/mol. The molecule has 1 atom stereocenters. The number of hydrazone groups is 1. The Hall–Kier alpha value is -3.48. The lowest BCUT2D eigenvalue weighted by Crippen LogP contribution is -2.29. The first-order valence-electron chi connectivity index (χ1n) is 9.29. The molecule has 0 spiro atoms. The van der Waals surface area contributed by atoms with Crippen molar-refractivity contribution in [1.29, 1.82) is 0 Å². The lowest BCUT2D eigenvalue weighted by atomic mass is 10.2. The molecule has 0 fully saturated rings. The number of carbonyl (C=O) groups is 1. The number of hydrogen-bond donors (Lipinski definition) is 1. The van der Waals surface area contributed by atoms with Crippen molar-refractivity contribution in [2.24, 2.45) is 20.5 Å². The fraction of sp³-hybridized carbons (Fsp3) is 0.150. The van der Waals surface area contributed by atoms with Crippen LogP contribution >= 0.6 is 11.3 Å². The van der Waals surface area contributed by atoms with E-state index in [0.717, 1.165) is 11.3 Å². The number of amides is 1. The molecule has 164 valence electrons. The summed E-state index contributed by atoms with van der Waals surface area (Å²) in [6.07, 6.45) is 0. The molecule has 12 heteroatoms. The molecule has 1 amide bonds. The Morgan fingerprint density at radius 3 is 2.44 bits per heavy atom. The van der Waals surface area contributed by atoms with Crippen LogP contribution in [0.4, 0.5) is 10.8 Å². The van der Waals surface area contributed by atoms with Crippen LogP contribution < -0.4 is 14.9 Å². The third-order valence-corrected chi connectivity index (χ3v) is 6.35. The van der Waals surface area contributed by atoms with Crippen molar-refractivity contribution < 1.29 is 17.9 Å². The van der Waals surface area contributed by atoms with Gasteiger partial charge in [-0.25, -0.2) is 18.5 Å². The third-order valence-electron chi connectivity index (χ3n) is 4.61. The molecular weight excluding hydrogens is 452 g/mol. The Balaban J connectivity index is 1.50. The maximum absolute atomic E-state index is 12.9. The fourth-order valence-electron chi connectivity index (χ4n) is 2.91. The number of hydrogen-bond acceptors (Lipinski definition) is 9. The lowest BCUT2D eigenvalue weighted by molar-refractivity contribution is -0.117. The predicted molar refractivity (Wildman–Crippen MR) is 121 cm³/mol. The Kier molecular flexibility index (Phi) is 5.82. The molecule has 2 heterocycles. The minimum absolute atomic E-state index is 0.0336. The van der Waals surface area contributed by atoms with Gasteiger partial charge >= 0.3 is 0 Å². The van der Waals surface area contributed by atoms with Gasteiger partial charge in [0, 0.05) is 10.9 Å². The fourth-order valence-corrected chi connectivity index (χ4v) is 4.21. The second-order valence-electron chi connectivity index (χ2n) is 6.79. The number of thiazole rings is 1. The number of aromatic nitrogens is 1. The van der Waals surface area contributed by atoms with Crippen LogP contribution in [0.25, 0.3) is 11.3 Å². The number of rotatable bonds is 6. The Morgan fingerprint density at radius 1 is 1.12 bits per heavy atom. The van der Waals surface area contributed by atoms with Crippen LogP contribution in [0.5, 0.6) is 5.75 Å². The molecule has 1 aliphatic rings. The molecule has 0 radical (unpaired) electrons. The van der Waals surface area contributed by atoms with Crippen molar-refractivity contribution in [3.63, 3.8) is 0 Å². The summed E-state index contributed by atoms with van der Waals surface area (Å²) in [5.74, 6) is 0.370. The number of nitrogens with two attached hydrogens (primary N) is 1. The zero-order chi connectivity index (χ0) is 22.9. The van der Waals surface area contributed by atoms with E-state index in [-0.39, 0.29) is 10.8 Å². The third kappa shape index (κ3) is 4.42. The monoisotopic (exact) mass is 470 g/mol. The Morgan fingerprint density at radius 2 is 1.81 bits per heavy atom. The maximum Gasteiger partial charge on any atom is 0.282 e. The number of carbonyl (C=O) groups excluding carboxylic acids is 1. The quantitative estimate of drug-likeness (QED) is 0.550. The van der Waals surface area contributed by atoms with E-state index in [4.69, 9.17) is 9.88 Å². The number of azo groups is 1. The first-order chi connectivity index (χ1) is 15.3. The van der Waals surface area contributed by atoms with Gasteiger partial charge in [-0.3, -0.25) is 4.79 Å². The van der Waals surface area contributed by atoms with E-state index in [0.29, 0.717) is 22.2 Å². The predicted octanol–water partition coefficient (Wildman–Crippen LogP) is 3.34. The molecule has 1 aromatic heterocycles. The molecule has 0 unspecified atom stereocenters. The van der Waals surface area contributed by atoms with Crippen molar-refractivity contribution in [2.75, 3.05) is 12.1 Å². The van der Waals surface area contributed by atoms with Gasteiger partial charge in [-0.1, -0.05) is 0 Å². The van der Waals surface area contributed by atoms with Crippen LogP contribution in [0.1, 0.15) is 6.92 Å². The summed E-state index contributed by atoms with van der Waals surface area (Å²) in [4.78, 5) is 17.4. The van der Waals surface area contributed by atoms with E-state index in [1.54, 1.807) is 14.0 Å². The summed E-state index contributed by atoms with van der Waals surface area (Å²) in [7, 11) is -2.19. The maximum atomic E-state index is 12.9. The molecule has 0 aliphatic carbocycles. The highest BCUT2D eigenvalue weighted by Crippen LogP contribution is 2.31. The van der Waals surface area contributed by atoms with Crippen LogP contribution in [0.15, 0.2) is 74.1 Å². The van der Waals surface area contributed by atoms with Gasteiger partial charge in [-0.15, -0.1) is 11.3 Å². The van der Waals surface area contributed by atoms with Crippen molar-refractivity contribution in [3.8, 4) is 17.0 Å². The van der Waals surface area contributed by atoms with Gasteiger partial charge in [0.15, 0.2) is 6.04 Å². The van der Waals surface area contributed by atoms with Gasteiger partial charge in [0.1, 0.15) is 5.75 Å². The molecule has 2 aromatic carbocycles. The van der Waals surface area contributed by atoms with Crippen molar-refractivity contribution in [2.45, 2.75) is 17.9 Å². The van der Waals surface area contributed by atoms with Gasteiger partial charge in [0.2, 0.25) is 15.2 Å². The second-order valence-corrected chi connectivity index (χ2v) is 9.19. The van der Waals surface area contributed by atoms with Crippen LogP contribution in [-0.2, 0) is 14.8 Å². The van der Waals surface area contributed by atoms with E-state index >= 15 is 0 Å². The minimum Gasteiger partial charge on any atom is -0.497 e. The van der Waals surface area contributed by atoms with E-state index in [1.807, 2.05) is 29.6 Å². The van der Waals surface area contributed by atoms with E-state index < -0.39 is 16.1 Å². The number of ether oxygens (including phenoxy) is 1. The second kappa shape index (κ2) is 8.57. The standard InChI is InChI=1S/C20H18N6O4S2/c1-12-18(24-23-14-5-9-16(10-6-14)32(21,28)29)19(27)26(25-12)20-22-17(11-31-20)13-3-7-15(30-2)8-4-13/h3-11,18H,1-2H3,(H2,21,28,29)/t18-/m1/s1. The average Bonchev–Trinajstić information content (AvgIpc) is 3.37. The zero-order valence-corrected chi connectivity index (χ0v) is 18.7. The highest BCUT2D eigenvalue weighted by Gasteiger charge is 2.36. The number of benzene rings is 2.